The van der Waals surface area contributed by atoms with Crippen molar-refractivity contribution in [3.8, 4) is 0 Å². The largest absolute Gasteiger partial charge is 0.408 e. The Morgan fingerprint density at radius 3 is 2.57 bits per heavy atom. The third-order valence-electron chi connectivity index (χ3n) is 1.79. The van der Waals surface area contributed by atoms with Gasteiger partial charge in [-0.2, -0.15) is 13.2 Å². The van der Waals surface area contributed by atoms with E-state index in [1.165, 1.54) is 0 Å². The van der Waals surface area contributed by atoms with E-state index in [0.29, 0.717) is 24.4 Å². The fourth-order valence-corrected chi connectivity index (χ4v) is 1.08. The third kappa shape index (κ3) is 2.69. The van der Waals surface area contributed by atoms with E-state index in [4.69, 9.17) is 5.73 Å². The Morgan fingerprint density at radius 1 is 1.43 bits per heavy atom. The molecule has 4 nitrogen and oxygen atoms in total. The van der Waals surface area contributed by atoms with Crippen LogP contribution >= 0.6 is 0 Å². The van der Waals surface area contributed by atoms with Crippen molar-refractivity contribution in [3.63, 3.8) is 0 Å². The first-order chi connectivity index (χ1) is 6.44. The Labute approximate surface area is 78.9 Å². The molecule has 0 saturated carbocycles. The van der Waals surface area contributed by atoms with Crippen molar-refractivity contribution >= 4 is 0 Å². The van der Waals surface area contributed by atoms with Crippen LogP contribution in [-0.2, 0) is 13.0 Å². The van der Waals surface area contributed by atoms with E-state index >= 15 is 0 Å². The Morgan fingerprint density at radius 2 is 2.07 bits per heavy atom. The molecule has 0 aliphatic carbocycles. The number of alkyl halides is 3. The van der Waals surface area contributed by atoms with Crippen molar-refractivity contribution in [2.75, 3.05) is 6.54 Å². The molecule has 0 aromatic carbocycles. The van der Waals surface area contributed by atoms with Crippen LogP contribution in [-0.4, -0.2) is 27.7 Å². The molecule has 0 aliphatic heterocycles. The lowest BCUT2D eigenvalue weighted by atomic mass is 10.2. The van der Waals surface area contributed by atoms with Crippen LogP contribution in [0.3, 0.4) is 0 Å². The van der Waals surface area contributed by atoms with E-state index in [2.05, 4.69) is 10.3 Å². The number of aromatic nitrogens is 3. The standard InChI is InChI=1S/C7H11F3N4/c1-5-6(2-3-11)12-13-14(5)4-7(8,9)10/h2-4,11H2,1H3. The molecule has 1 aromatic rings. The van der Waals surface area contributed by atoms with Gasteiger partial charge in [0.2, 0.25) is 0 Å². The third-order valence-corrected chi connectivity index (χ3v) is 1.79. The summed E-state index contributed by atoms with van der Waals surface area (Å²) in [6.07, 6.45) is -3.82. The fraction of sp³-hybridized carbons (Fsp3) is 0.714. The van der Waals surface area contributed by atoms with Crippen LogP contribution in [0.25, 0.3) is 0 Å². The van der Waals surface area contributed by atoms with Crippen molar-refractivity contribution < 1.29 is 13.2 Å². The minimum atomic E-state index is -4.27. The smallest absolute Gasteiger partial charge is 0.330 e. The van der Waals surface area contributed by atoms with Gasteiger partial charge in [-0.15, -0.1) is 5.10 Å². The summed E-state index contributed by atoms with van der Waals surface area (Å²) < 4.78 is 36.8. The molecule has 0 saturated heterocycles. The van der Waals surface area contributed by atoms with Gasteiger partial charge in [-0.05, 0) is 13.5 Å². The Balaban J connectivity index is 2.79. The molecule has 0 atom stereocenters. The lowest BCUT2D eigenvalue weighted by molar-refractivity contribution is -0.143. The van der Waals surface area contributed by atoms with Crippen molar-refractivity contribution in [1.29, 1.82) is 0 Å². The molecule has 0 bridgehead atoms. The van der Waals surface area contributed by atoms with Crippen LogP contribution < -0.4 is 5.73 Å². The minimum Gasteiger partial charge on any atom is -0.330 e. The predicted molar refractivity (Wildman–Crippen MR) is 43.6 cm³/mol. The molecule has 0 unspecified atom stereocenters. The van der Waals surface area contributed by atoms with Gasteiger partial charge in [0.15, 0.2) is 0 Å². The molecule has 80 valence electrons. The normalized spacial score (nSPS) is 12.1. The second-order valence-corrected chi connectivity index (χ2v) is 2.93. The zero-order valence-corrected chi connectivity index (χ0v) is 7.67. The molecule has 0 radical (unpaired) electrons. The summed E-state index contributed by atoms with van der Waals surface area (Å²) in [4.78, 5) is 0. The molecule has 1 rings (SSSR count). The average molecular weight is 208 g/mol. The number of nitrogens with two attached hydrogens (primary N) is 1. The lowest BCUT2D eigenvalue weighted by Gasteiger charge is -2.06. The lowest BCUT2D eigenvalue weighted by Crippen LogP contribution is -2.19. The molecule has 0 spiro atoms. The quantitative estimate of drug-likeness (QED) is 0.793. The summed E-state index contributed by atoms with van der Waals surface area (Å²) in [5.74, 6) is 0. The van der Waals surface area contributed by atoms with E-state index in [0.717, 1.165) is 4.68 Å². The number of nitrogens with zero attached hydrogens (tertiary/aromatic N) is 3. The Bertz CT molecular complexity index is 304. The first-order valence-corrected chi connectivity index (χ1v) is 4.10. The molecule has 1 aromatic heterocycles. The van der Waals surface area contributed by atoms with E-state index in [1.54, 1.807) is 6.92 Å². The summed E-state index contributed by atoms with van der Waals surface area (Å²) in [5.41, 5.74) is 6.22. The maximum Gasteiger partial charge on any atom is 0.408 e. The highest BCUT2D eigenvalue weighted by Gasteiger charge is 2.29. The maximum atomic E-state index is 12.0. The summed E-state index contributed by atoms with van der Waals surface area (Å²) in [7, 11) is 0. The van der Waals surface area contributed by atoms with Crippen LogP contribution in [0.5, 0.6) is 0 Å². The molecule has 0 fully saturated rings. The summed E-state index contributed by atoms with van der Waals surface area (Å²) in [5, 5.41) is 7.03. The van der Waals surface area contributed by atoms with Crippen molar-refractivity contribution in [1.82, 2.24) is 15.0 Å². The average Bonchev–Trinajstić information content (AvgIpc) is 2.34. The fourth-order valence-electron chi connectivity index (χ4n) is 1.08. The molecule has 14 heavy (non-hydrogen) atoms. The minimum absolute atomic E-state index is 0.353. The number of hydrogen-bond acceptors (Lipinski definition) is 3. The monoisotopic (exact) mass is 208 g/mol. The van der Waals surface area contributed by atoms with Crippen LogP contribution in [0.2, 0.25) is 0 Å². The topological polar surface area (TPSA) is 56.7 Å². The summed E-state index contributed by atoms with van der Waals surface area (Å²) >= 11 is 0. The molecule has 2 N–H and O–H groups in total. The van der Waals surface area contributed by atoms with Crippen LogP contribution in [0.1, 0.15) is 11.4 Å². The van der Waals surface area contributed by atoms with Gasteiger partial charge in [0.05, 0.1) is 11.4 Å². The van der Waals surface area contributed by atoms with Crippen LogP contribution in [0, 0.1) is 6.92 Å². The van der Waals surface area contributed by atoms with Gasteiger partial charge in [0.1, 0.15) is 6.54 Å². The van der Waals surface area contributed by atoms with E-state index < -0.39 is 12.7 Å². The van der Waals surface area contributed by atoms with Crippen LogP contribution in [0.4, 0.5) is 13.2 Å². The second kappa shape index (κ2) is 3.95. The number of halogens is 3. The highest BCUT2D eigenvalue weighted by molar-refractivity contribution is 5.08. The molecule has 7 heteroatoms. The molecular weight excluding hydrogens is 197 g/mol. The first-order valence-electron chi connectivity index (χ1n) is 4.10. The van der Waals surface area contributed by atoms with Gasteiger partial charge in [0.25, 0.3) is 0 Å². The van der Waals surface area contributed by atoms with Crippen molar-refractivity contribution in [2.24, 2.45) is 5.73 Å². The highest BCUT2D eigenvalue weighted by atomic mass is 19.4. The van der Waals surface area contributed by atoms with E-state index in [9.17, 15) is 13.2 Å². The summed E-state index contributed by atoms with van der Waals surface area (Å²) in [6.45, 7) is 0.804. The Hall–Kier alpha value is -1.11. The zero-order valence-electron chi connectivity index (χ0n) is 7.67. The van der Waals surface area contributed by atoms with Gasteiger partial charge < -0.3 is 5.73 Å². The molecule has 0 amide bonds. The van der Waals surface area contributed by atoms with Crippen molar-refractivity contribution in [3.05, 3.63) is 11.4 Å². The SMILES string of the molecule is Cc1c(CCN)nnn1CC(F)(F)F. The Kier molecular flexibility index (Phi) is 3.10. The van der Waals surface area contributed by atoms with Gasteiger partial charge in [-0.1, -0.05) is 5.21 Å². The van der Waals surface area contributed by atoms with Crippen LogP contribution in [0.15, 0.2) is 0 Å². The van der Waals surface area contributed by atoms with Gasteiger partial charge in [-0.25, -0.2) is 4.68 Å². The first kappa shape index (κ1) is 11.0. The zero-order chi connectivity index (χ0) is 10.8. The summed E-state index contributed by atoms with van der Waals surface area (Å²) in [6, 6.07) is 0. The predicted octanol–water partition coefficient (Wildman–Crippen LogP) is 0.650. The van der Waals surface area contributed by atoms with Crippen molar-refractivity contribution in [2.45, 2.75) is 26.1 Å². The molecular formula is C7H11F3N4. The van der Waals surface area contributed by atoms with Gasteiger partial charge in [-0.3, -0.25) is 0 Å². The maximum absolute atomic E-state index is 12.0. The number of hydrogen-bond donors (Lipinski definition) is 1. The van der Waals surface area contributed by atoms with Gasteiger partial charge in [0, 0.05) is 6.42 Å². The molecule has 0 aliphatic rings. The highest BCUT2D eigenvalue weighted by Crippen LogP contribution is 2.18. The second-order valence-electron chi connectivity index (χ2n) is 2.93. The van der Waals surface area contributed by atoms with E-state index in [-0.39, 0.29) is 0 Å². The van der Waals surface area contributed by atoms with E-state index in [1.807, 2.05) is 0 Å². The van der Waals surface area contributed by atoms with Gasteiger partial charge >= 0.3 is 6.18 Å². The molecule has 1 heterocycles. The number of rotatable bonds is 3.